The highest BCUT2D eigenvalue weighted by molar-refractivity contribution is 6.30. The molecule has 0 bridgehead atoms. The van der Waals surface area contributed by atoms with E-state index in [2.05, 4.69) is 31.1 Å². The van der Waals surface area contributed by atoms with E-state index in [0.717, 1.165) is 10.9 Å². The zero-order chi connectivity index (χ0) is 14.9. The molecule has 1 unspecified atom stereocenters. The van der Waals surface area contributed by atoms with Gasteiger partial charge < -0.3 is 5.32 Å². The number of fused-ring (bicyclic) bond motifs is 1. The van der Waals surface area contributed by atoms with Crippen molar-refractivity contribution >= 4 is 28.4 Å². The van der Waals surface area contributed by atoms with Gasteiger partial charge in [-0.25, -0.2) is 4.98 Å². The molecule has 0 saturated heterocycles. The average Bonchev–Trinajstić information content (AvgIpc) is 2.36. The van der Waals surface area contributed by atoms with Gasteiger partial charge in [0.25, 0.3) is 5.91 Å². The fourth-order valence-electron chi connectivity index (χ4n) is 1.82. The van der Waals surface area contributed by atoms with Crippen molar-refractivity contribution in [3.63, 3.8) is 0 Å². The fraction of sp³-hybridized carbons (Fsp3) is 0.375. The highest BCUT2D eigenvalue weighted by Gasteiger charge is 2.23. The fourth-order valence-corrected chi connectivity index (χ4v) is 2.02. The van der Waals surface area contributed by atoms with Crippen molar-refractivity contribution in [1.82, 2.24) is 10.3 Å². The van der Waals surface area contributed by atoms with Gasteiger partial charge in [0, 0.05) is 11.4 Å². The predicted molar refractivity (Wildman–Crippen MR) is 83.1 cm³/mol. The third kappa shape index (κ3) is 3.10. The van der Waals surface area contributed by atoms with Crippen LogP contribution in [0.2, 0.25) is 5.15 Å². The number of pyridine rings is 1. The molecule has 2 aromatic rings. The number of carbonyl (C=O) groups excluding carboxylic acids is 1. The molecule has 1 aromatic carbocycles. The maximum atomic E-state index is 12.5. The first-order valence-electron chi connectivity index (χ1n) is 6.65. The molecule has 0 aliphatic carbocycles. The first kappa shape index (κ1) is 14.8. The molecular weight excluding hydrogens is 272 g/mol. The van der Waals surface area contributed by atoms with Crippen LogP contribution in [0, 0.1) is 5.41 Å². The van der Waals surface area contributed by atoms with E-state index in [-0.39, 0.29) is 17.4 Å². The Morgan fingerprint density at radius 1 is 1.30 bits per heavy atom. The van der Waals surface area contributed by atoms with Crippen LogP contribution in [0.25, 0.3) is 10.9 Å². The van der Waals surface area contributed by atoms with E-state index in [1.807, 2.05) is 31.2 Å². The number of carbonyl (C=O) groups is 1. The number of nitrogens with one attached hydrogen (secondary N) is 1. The van der Waals surface area contributed by atoms with Gasteiger partial charge in [0.1, 0.15) is 5.15 Å². The Balaban J connectivity index is 2.40. The summed E-state index contributed by atoms with van der Waals surface area (Å²) in [4.78, 5) is 16.7. The zero-order valence-electron chi connectivity index (χ0n) is 12.2. The summed E-state index contributed by atoms with van der Waals surface area (Å²) in [6.45, 7) is 8.28. The summed E-state index contributed by atoms with van der Waals surface area (Å²) in [6.07, 6.45) is 0. The number of amides is 1. The molecule has 106 valence electrons. The second-order valence-electron chi connectivity index (χ2n) is 6.07. The van der Waals surface area contributed by atoms with E-state index in [1.165, 1.54) is 0 Å². The maximum absolute atomic E-state index is 12.5. The summed E-state index contributed by atoms with van der Waals surface area (Å²) in [5, 5.41) is 4.18. The molecule has 4 heteroatoms. The van der Waals surface area contributed by atoms with Gasteiger partial charge in [-0.15, -0.1) is 0 Å². The zero-order valence-corrected chi connectivity index (χ0v) is 13.0. The Morgan fingerprint density at radius 3 is 2.60 bits per heavy atom. The lowest BCUT2D eigenvalue weighted by molar-refractivity contribution is 0.0912. The molecule has 0 saturated carbocycles. The van der Waals surface area contributed by atoms with Crippen LogP contribution in [-0.4, -0.2) is 16.9 Å². The van der Waals surface area contributed by atoms with Crippen LogP contribution in [0.4, 0.5) is 0 Å². The monoisotopic (exact) mass is 290 g/mol. The Bertz CT molecular complexity index is 646. The summed E-state index contributed by atoms with van der Waals surface area (Å²) in [5.41, 5.74) is 1.30. The normalized spacial score (nSPS) is 13.2. The van der Waals surface area contributed by atoms with Crippen molar-refractivity contribution in [3.8, 4) is 0 Å². The first-order chi connectivity index (χ1) is 9.29. The summed E-state index contributed by atoms with van der Waals surface area (Å²) >= 11 is 6.00. The molecule has 0 aliphatic heterocycles. The predicted octanol–water partition coefficient (Wildman–Crippen LogP) is 4.05. The second kappa shape index (κ2) is 5.41. The molecule has 3 nitrogen and oxygen atoms in total. The quantitative estimate of drug-likeness (QED) is 0.848. The van der Waals surface area contributed by atoms with Crippen LogP contribution < -0.4 is 5.32 Å². The van der Waals surface area contributed by atoms with Gasteiger partial charge in [-0.05, 0) is 24.5 Å². The molecule has 0 aliphatic rings. The van der Waals surface area contributed by atoms with Crippen LogP contribution in [0.5, 0.6) is 0 Å². The first-order valence-corrected chi connectivity index (χ1v) is 7.03. The number of para-hydroxylation sites is 1. The van der Waals surface area contributed by atoms with E-state index >= 15 is 0 Å². The lowest BCUT2D eigenvalue weighted by Gasteiger charge is -2.28. The number of hydrogen-bond donors (Lipinski definition) is 1. The van der Waals surface area contributed by atoms with Gasteiger partial charge in [-0.1, -0.05) is 50.6 Å². The molecule has 1 atom stereocenters. The molecule has 0 spiro atoms. The average molecular weight is 291 g/mol. The lowest BCUT2D eigenvalue weighted by Crippen LogP contribution is -2.41. The molecule has 1 amide bonds. The Kier molecular flexibility index (Phi) is 4.00. The van der Waals surface area contributed by atoms with Gasteiger partial charge >= 0.3 is 0 Å². The minimum Gasteiger partial charge on any atom is -0.349 e. The molecule has 20 heavy (non-hydrogen) atoms. The number of aromatic nitrogens is 1. The Hall–Kier alpha value is -1.61. The standard InChI is InChI=1S/C16H19ClN2O/c1-10(16(2,3)4)18-15(20)12-9-14(17)19-13-8-6-5-7-11(12)13/h5-10H,1-4H3,(H,18,20). The van der Waals surface area contributed by atoms with Crippen molar-refractivity contribution in [2.24, 2.45) is 5.41 Å². The topological polar surface area (TPSA) is 42.0 Å². The molecular formula is C16H19ClN2O. The summed E-state index contributed by atoms with van der Waals surface area (Å²) in [6, 6.07) is 9.18. The summed E-state index contributed by atoms with van der Waals surface area (Å²) in [7, 11) is 0. The molecule has 1 heterocycles. The van der Waals surface area contributed by atoms with Crippen LogP contribution in [0.1, 0.15) is 38.1 Å². The van der Waals surface area contributed by atoms with E-state index in [4.69, 9.17) is 11.6 Å². The maximum Gasteiger partial charge on any atom is 0.252 e. The largest absolute Gasteiger partial charge is 0.349 e. The highest BCUT2D eigenvalue weighted by Crippen LogP contribution is 2.23. The van der Waals surface area contributed by atoms with Gasteiger partial charge in [0.15, 0.2) is 0 Å². The van der Waals surface area contributed by atoms with Crippen molar-refractivity contribution < 1.29 is 4.79 Å². The van der Waals surface area contributed by atoms with Crippen LogP contribution in [0.15, 0.2) is 30.3 Å². The van der Waals surface area contributed by atoms with Crippen molar-refractivity contribution in [3.05, 3.63) is 41.0 Å². The van der Waals surface area contributed by atoms with Crippen LogP contribution in [0.3, 0.4) is 0 Å². The molecule has 1 N–H and O–H groups in total. The number of rotatable bonds is 2. The van der Waals surface area contributed by atoms with Gasteiger partial charge in [-0.3, -0.25) is 4.79 Å². The smallest absolute Gasteiger partial charge is 0.252 e. The molecule has 0 fully saturated rings. The SMILES string of the molecule is CC(NC(=O)c1cc(Cl)nc2ccccc12)C(C)(C)C. The second-order valence-corrected chi connectivity index (χ2v) is 6.46. The van der Waals surface area contributed by atoms with E-state index in [1.54, 1.807) is 6.07 Å². The number of benzene rings is 1. The van der Waals surface area contributed by atoms with Crippen LogP contribution >= 0.6 is 11.6 Å². The molecule has 2 rings (SSSR count). The lowest BCUT2D eigenvalue weighted by atomic mass is 9.88. The highest BCUT2D eigenvalue weighted by atomic mass is 35.5. The van der Waals surface area contributed by atoms with E-state index in [9.17, 15) is 4.79 Å². The van der Waals surface area contributed by atoms with Crippen molar-refractivity contribution in [1.29, 1.82) is 0 Å². The summed E-state index contributed by atoms with van der Waals surface area (Å²) in [5.74, 6) is -0.118. The van der Waals surface area contributed by atoms with Crippen molar-refractivity contribution in [2.45, 2.75) is 33.7 Å². The Morgan fingerprint density at radius 2 is 1.95 bits per heavy atom. The Labute approximate surface area is 124 Å². The number of nitrogens with zero attached hydrogens (tertiary/aromatic N) is 1. The minimum atomic E-state index is -0.118. The van der Waals surface area contributed by atoms with E-state index in [0.29, 0.717) is 10.7 Å². The van der Waals surface area contributed by atoms with Gasteiger partial charge in [-0.2, -0.15) is 0 Å². The number of halogens is 1. The van der Waals surface area contributed by atoms with Gasteiger partial charge in [0.05, 0.1) is 11.1 Å². The summed E-state index contributed by atoms with van der Waals surface area (Å²) < 4.78 is 0. The molecule has 0 radical (unpaired) electrons. The third-order valence-electron chi connectivity index (χ3n) is 3.58. The third-order valence-corrected chi connectivity index (χ3v) is 3.77. The molecule has 1 aromatic heterocycles. The van der Waals surface area contributed by atoms with E-state index < -0.39 is 0 Å². The van der Waals surface area contributed by atoms with Crippen molar-refractivity contribution in [2.75, 3.05) is 0 Å². The van der Waals surface area contributed by atoms with Crippen LogP contribution in [-0.2, 0) is 0 Å². The van der Waals surface area contributed by atoms with Gasteiger partial charge in [0.2, 0.25) is 0 Å². The minimum absolute atomic E-state index is 0.00227. The number of hydrogen-bond acceptors (Lipinski definition) is 2.